The SMILES string of the molecule is CCP(CC)OS(C)(=O)=O. The van der Waals surface area contributed by atoms with Crippen molar-refractivity contribution in [2.24, 2.45) is 0 Å². The monoisotopic (exact) mass is 184 g/mol. The molecule has 0 amide bonds. The number of hydrogen-bond acceptors (Lipinski definition) is 3. The maximum atomic E-state index is 10.6. The molecule has 0 bridgehead atoms. The van der Waals surface area contributed by atoms with Crippen molar-refractivity contribution in [1.82, 2.24) is 0 Å². The average Bonchev–Trinajstić information content (AvgIpc) is 1.81. The van der Waals surface area contributed by atoms with E-state index in [4.69, 9.17) is 3.97 Å². The van der Waals surface area contributed by atoms with Crippen LogP contribution in [0.15, 0.2) is 0 Å². The molecule has 0 saturated carbocycles. The fraction of sp³-hybridized carbons (Fsp3) is 1.00. The largest absolute Gasteiger partial charge is 0.267 e. The van der Waals surface area contributed by atoms with E-state index in [1.54, 1.807) is 0 Å². The van der Waals surface area contributed by atoms with Crippen molar-refractivity contribution in [2.45, 2.75) is 13.8 Å². The standard InChI is InChI=1S/C5H13O3PS/c1-4-9(5-2)8-10(3,6)7/h4-5H2,1-3H3. The van der Waals surface area contributed by atoms with Gasteiger partial charge in [-0.3, -0.25) is 0 Å². The molecule has 0 fully saturated rings. The van der Waals surface area contributed by atoms with Crippen LogP contribution >= 0.6 is 8.15 Å². The van der Waals surface area contributed by atoms with E-state index in [9.17, 15) is 8.42 Å². The van der Waals surface area contributed by atoms with Gasteiger partial charge in [-0.2, -0.15) is 8.42 Å². The van der Waals surface area contributed by atoms with E-state index in [2.05, 4.69) is 0 Å². The van der Waals surface area contributed by atoms with Gasteiger partial charge in [-0.1, -0.05) is 13.8 Å². The molecule has 0 rings (SSSR count). The molecule has 0 N–H and O–H groups in total. The minimum Gasteiger partial charge on any atom is -0.248 e. The summed E-state index contributed by atoms with van der Waals surface area (Å²) < 4.78 is 25.9. The van der Waals surface area contributed by atoms with Gasteiger partial charge in [0.05, 0.1) is 14.4 Å². The van der Waals surface area contributed by atoms with Crippen LogP contribution in [-0.4, -0.2) is 27.0 Å². The summed E-state index contributed by atoms with van der Waals surface area (Å²) >= 11 is 0. The molecular weight excluding hydrogens is 171 g/mol. The third kappa shape index (κ3) is 5.15. The quantitative estimate of drug-likeness (QED) is 0.620. The third-order valence-corrected chi connectivity index (χ3v) is 4.28. The molecule has 0 aromatic carbocycles. The van der Waals surface area contributed by atoms with Crippen LogP contribution in [0.25, 0.3) is 0 Å². The molecule has 0 aliphatic rings. The van der Waals surface area contributed by atoms with Crippen LogP contribution in [0.5, 0.6) is 0 Å². The summed E-state index contributed by atoms with van der Waals surface area (Å²) in [6, 6.07) is 0. The van der Waals surface area contributed by atoms with Gasteiger partial charge in [-0.25, -0.2) is 3.97 Å². The highest BCUT2D eigenvalue weighted by Gasteiger charge is 2.10. The normalized spacial score (nSPS) is 12.4. The first-order valence-corrected chi connectivity index (χ1v) is 6.58. The van der Waals surface area contributed by atoms with E-state index < -0.39 is 18.3 Å². The van der Waals surface area contributed by atoms with Gasteiger partial charge in [-0.15, -0.1) is 0 Å². The Balaban J connectivity index is 3.87. The fourth-order valence-corrected chi connectivity index (χ4v) is 3.34. The van der Waals surface area contributed by atoms with Crippen LogP contribution in [0.2, 0.25) is 0 Å². The Hall–Kier alpha value is 0.340. The fourth-order valence-electron chi connectivity index (χ4n) is 0.520. The smallest absolute Gasteiger partial charge is 0.248 e. The van der Waals surface area contributed by atoms with Crippen LogP contribution in [-0.2, 0) is 14.1 Å². The van der Waals surface area contributed by atoms with Crippen molar-refractivity contribution in [3.8, 4) is 0 Å². The van der Waals surface area contributed by atoms with E-state index in [-0.39, 0.29) is 0 Å². The molecule has 62 valence electrons. The number of hydrogen-bond donors (Lipinski definition) is 0. The molecule has 0 saturated heterocycles. The predicted octanol–water partition coefficient (Wildman–Crippen LogP) is 1.40. The zero-order chi connectivity index (χ0) is 8.20. The van der Waals surface area contributed by atoms with E-state index in [0.29, 0.717) is 0 Å². The first kappa shape index (κ1) is 10.3. The van der Waals surface area contributed by atoms with Crippen molar-refractivity contribution in [1.29, 1.82) is 0 Å². The van der Waals surface area contributed by atoms with E-state index in [1.807, 2.05) is 13.8 Å². The molecule has 3 nitrogen and oxygen atoms in total. The maximum Gasteiger partial charge on any atom is 0.267 e. The molecule has 0 aromatic heterocycles. The first-order chi connectivity index (χ1) is 4.49. The number of rotatable bonds is 4. The molecule has 0 heterocycles. The molecule has 0 unspecified atom stereocenters. The molecule has 0 atom stereocenters. The van der Waals surface area contributed by atoms with Gasteiger partial charge in [0.25, 0.3) is 10.1 Å². The van der Waals surface area contributed by atoms with Crippen molar-refractivity contribution < 1.29 is 12.4 Å². The zero-order valence-electron chi connectivity index (χ0n) is 6.49. The molecule has 5 heteroatoms. The van der Waals surface area contributed by atoms with Crippen LogP contribution in [0, 0.1) is 0 Å². The summed E-state index contributed by atoms with van der Waals surface area (Å²) in [5, 5.41) is 0. The highest BCUT2D eigenvalue weighted by Crippen LogP contribution is 2.36. The molecule has 0 spiro atoms. The average molecular weight is 184 g/mol. The van der Waals surface area contributed by atoms with Crippen molar-refractivity contribution >= 4 is 18.3 Å². The summed E-state index contributed by atoms with van der Waals surface area (Å²) in [4.78, 5) is 0. The summed E-state index contributed by atoms with van der Waals surface area (Å²) in [5.41, 5.74) is 0. The lowest BCUT2D eigenvalue weighted by atomic mass is 11.0. The Bertz CT molecular complexity index is 171. The highest BCUT2D eigenvalue weighted by molar-refractivity contribution is 7.90. The Labute approximate surface area is 63.7 Å². The lowest BCUT2D eigenvalue weighted by molar-refractivity contribution is 0.515. The summed E-state index contributed by atoms with van der Waals surface area (Å²) in [5.74, 6) is 0. The van der Waals surface area contributed by atoms with Crippen LogP contribution < -0.4 is 0 Å². The van der Waals surface area contributed by atoms with E-state index in [0.717, 1.165) is 18.6 Å². The molecule has 0 radical (unpaired) electrons. The van der Waals surface area contributed by atoms with E-state index in [1.165, 1.54) is 0 Å². The van der Waals surface area contributed by atoms with Crippen LogP contribution in [0.1, 0.15) is 13.8 Å². The summed E-state index contributed by atoms with van der Waals surface area (Å²) in [7, 11) is -3.95. The van der Waals surface area contributed by atoms with Gasteiger partial charge in [0, 0.05) is 0 Å². The lowest BCUT2D eigenvalue weighted by Crippen LogP contribution is -2.00. The molecule has 10 heavy (non-hydrogen) atoms. The second kappa shape index (κ2) is 4.27. The Morgan fingerprint density at radius 2 is 1.70 bits per heavy atom. The Kier molecular flexibility index (Phi) is 4.41. The van der Waals surface area contributed by atoms with Crippen LogP contribution in [0.3, 0.4) is 0 Å². The molecular formula is C5H13O3PS. The second-order valence-corrected chi connectivity index (χ2v) is 6.13. The van der Waals surface area contributed by atoms with Gasteiger partial charge in [0.1, 0.15) is 0 Å². The van der Waals surface area contributed by atoms with E-state index >= 15 is 0 Å². The lowest BCUT2D eigenvalue weighted by Gasteiger charge is -2.09. The van der Waals surface area contributed by atoms with Crippen molar-refractivity contribution in [3.05, 3.63) is 0 Å². The minimum atomic E-state index is -3.22. The summed E-state index contributed by atoms with van der Waals surface area (Å²) in [6.07, 6.45) is 2.70. The van der Waals surface area contributed by atoms with Gasteiger partial charge < -0.3 is 0 Å². The van der Waals surface area contributed by atoms with Gasteiger partial charge in [0.2, 0.25) is 0 Å². The molecule has 0 aliphatic carbocycles. The van der Waals surface area contributed by atoms with Crippen LogP contribution in [0.4, 0.5) is 0 Å². The van der Waals surface area contributed by atoms with Crippen molar-refractivity contribution in [3.63, 3.8) is 0 Å². The van der Waals surface area contributed by atoms with Gasteiger partial charge in [-0.05, 0) is 12.3 Å². The molecule has 0 aliphatic heterocycles. The predicted molar refractivity (Wildman–Crippen MR) is 43.9 cm³/mol. The van der Waals surface area contributed by atoms with Crippen molar-refractivity contribution in [2.75, 3.05) is 18.6 Å². The summed E-state index contributed by atoms with van der Waals surface area (Å²) in [6.45, 7) is 3.86. The van der Waals surface area contributed by atoms with Gasteiger partial charge >= 0.3 is 0 Å². The third-order valence-electron chi connectivity index (χ3n) is 0.946. The first-order valence-electron chi connectivity index (χ1n) is 3.14. The minimum absolute atomic E-state index is 0.732. The topological polar surface area (TPSA) is 43.4 Å². The second-order valence-electron chi connectivity index (χ2n) is 1.89. The Morgan fingerprint density at radius 1 is 1.30 bits per heavy atom. The Morgan fingerprint density at radius 3 is 1.80 bits per heavy atom. The highest BCUT2D eigenvalue weighted by atomic mass is 32.2. The van der Waals surface area contributed by atoms with Gasteiger partial charge in [0.15, 0.2) is 0 Å². The zero-order valence-corrected chi connectivity index (χ0v) is 8.21. The molecule has 0 aromatic rings. The maximum absolute atomic E-state index is 10.6.